The summed E-state index contributed by atoms with van der Waals surface area (Å²) in [6.07, 6.45) is 0.473. The molecule has 0 radical (unpaired) electrons. The SMILES string of the molecule is COc1cc(C(=O)NC2CCC(NC(C)=O)CC2)ccc1Nc1ncc(C(F)(F)F)c(NCc2ccc(C)cc2N(C)S(C)=O)n1. The van der Waals surface area contributed by atoms with Crippen LogP contribution in [0.1, 0.15) is 59.7 Å². The Morgan fingerprint density at radius 2 is 1.74 bits per heavy atom. The van der Waals surface area contributed by atoms with Crippen LogP contribution in [0.5, 0.6) is 5.75 Å². The van der Waals surface area contributed by atoms with Gasteiger partial charge in [-0.3, -0.25) is 13.9 Å². The van der Waals surface area contributed by atoms with E-state index >= 15 is 0 Å². The first-order valence-corrected chi connectivity index (χ1v) is 16.1. The van der Waals surface area contributed by atoms with Gasteiger partial charge in [0.2, 0.25) is 11.9 Å². The van der Waals surface area contributed by atoms with Crippen LogP contribution >= 0.6 is 0 Å². The summed E-state index contributed by atoms with van der Waals surface area (Å²) in [4.78, 5) is 32.3. The molecule has 1 saturated carbocycles. The van der Waals surface area contributed by atoms with Crippen molar-refractivity contribution in [1.82, 2.24) is 20.6 Å². The summed E-state index contributed by atoms with van der Waals surface area (Å²) in [6.45, 7) is 3.32. The van der Waals surface area contributed by atoms with Crippen LogP contribution in [0.2, 0.25) is 0 Å². The van der Waals surface area contributed by atoms with Gasteiger partial charge in [0.05, 0.1) is 18.5 Å². The molecule has 4 rings (SSSR count). The van der Waals surface area contributed by atoms with Crippen molar-refractivity contribution in [3.8, 4) is 5.75 Å². The van der Waals surface area contributed by atoms with E-state index < -0.39 is 28.5 Å². The number of halogens is 3. The molecule has 2 aromatic carbocycles. The highest BCUT2D eigenvalue weighted by Gasteiger charge is 2.35. The van der Waals surface area contributed by atoms with Gasteiger partial charge in [-0.15, -0.1) is 0 Å². The van der Waals surface area contributed by atoms with Gasteiger partial charge in [-0.2, -0.15) is 18.2 Å². The fourth-order valence-corrected chi connectivity index (χ4v) is 5.66. The normalized spacial score (nSPS) is 17.0. The van der Waals surface area contributed by atoms with Crippen LogP contribution in [-0.2, 0) is 28.5 Å². The molecule has 1 aromatic heterocycles. The predicted molar refractivity (Wildman–Crippen MR) is 172 cm³/mol. The zero-order valence-electron chi connectivity index (χ0n) is 26.2. The molecule has 1 fully saturated rings. The number of alkyl halides is 3. The largest absolute Gasteiger partial charge is 0.495 e. The molecule has 4 N–H and O–H groups in total. The molecule has 15 heteroatoms. The lowest BCUT2D eigenvalue weighted by molar-refractivity contribution is -0.137. The van der Waals surface area contributed by atoms with Crippen LogP contribution in [0.25, 0.3) is 0 Å². The Kier molecular flexibility index (Phi) is 11.1. The fourth-order valence-electron chi connectivity index (χ4n) is 5.21. The van der Waals surface area contributed by atoms with Gasteiger partial charge in [0.15, 0.2) is 0 Å². The van der Waals surface area contributed by atoms with Crippen LogP contribution in [0.4, 0.5) is 36.3 Å². The number of aromatic nitrogens is 2. The first kappa shape index (κ1) is 34.5. The third-order valence-corrected chi connectivity index (χ3v) is 8.65. The number of carbonyl (C=O) groups is 2. The Hall–Kier alpha value is -4.40. The van der Waals surface area contributed by atoms with Crippen LogP contribution in [-0.4, -0.2) is 58.5 Å². The zero-order chi connectivity index (χ0) is 33.6. The maximum absolute atomic E-state index is 13.9. The number of carbonyl (C=O) groups excluding carboxylic acids is 2. The first-order chi connectivity index (χ1) is 21.7. The van der Waals surface area contributed by atoms with Crippen molar-refractivity contribution >= 4 is 45.9 Å². The predicted octanol–water partition coefficient (Wildman–Crippen LogP) is 5.07. The molecule has 46 heavy (non-hydrogen) atoms. The Labute approximate surface area is 268 Å². The van der Waals surface area contributed by atoms with Crippen LogP contribution in [0.15, 0.2) is 42.6 Å². The monoisotopic (exact) mass is 661 g/mol. The average molecular weight is 662 g/mol. The van der Waals surface area contributed by atoms with Crippen LogP contribution in [0, 0.1) is 6.92 Å². The van der Waals surface area contributed by atoms with Crippen molar-refractivity contribution in [2.45, 2.75) is 64.3 Å². The quantitative estimate of drug-likeness (QED) is 0.224. The Balaban J connectivity index is 1.50. The van der Waals surface area contributed by atoms with E-state index in [0.717, 1.165) is 31.2 Å². The van der Waals surface area contributed by atoms with E-state index in [1.54, 1.807) is 25.2 Å². The molecule has 248 valence electrons. The van der Waals surface area contributed by atoms with E-state index in [-0.39, 0.29) is 42.1 Å². The molecule has 2 amide bonds. The van der Waals surface area contributed by atoms with E-state index in [1.807, 2.05) is 19.1 Å². The molecule has 1 aliphatic rings. The molecule has 1 aliphatic carbocycles. The number of ether oxygens (including phenoxy) is 1. The molecule has 0 spiro atoms. The van der Waals surface area contributed by atoms with Crippen LogP contribution < -0.4 is 30.3 Å². The maximum Gasteiger partial charge on any atom is 0.421 e. The molecule has 1 heterocycles. The highest BCUT2D eigenvalue weighted by Crippen LogP contribution is 2.36. The highest BCUT2D eigenvalue weighted by molar-refractivity contribution is 7.85. The molecule has 11 nitrogen and oxygen atoms in total. The molecule has 1 atom stereocenters. The second-order valence-electron chi connectivity index (χ2n) is 11.1. The number of hydrogen-bond donors (Lipinski definition) is 4. The number of nitrogens with zero attached hydrogens (tertiary/aromatic N) is 3. The van der Waals surface area contributed by atoms with Gasteiger partial charge in [0, 0.05) is 50.6 Å². The highest BCUT2D eigenvalue weighted by atomic mass is 32.2. The number of anilines is 4. The summed E-state index contributed by atoms with van der Waals surface area (Å²) in [6, 6.07) is 10.1. The minimum Gasteiger partial charge on any atom is -0.495 e. The van der Waals surface area contributed by atoms with Gasteiger partial charge in [-0.25, -0.2) is 9.19 Å². The number of benzene rings is 2. The van der Waals surface area contributed by atoms with Crippen molar-refractivity contribution in [2.24, 2.45) is 0 Å². The van der Waals surface area contributed by atoms with Gasteiger partial charge < -0.3 is 26.0 Å². The van der Waals surface area contributed by atoms with Crippen molar-refractivity contribution < 1.29 is 31.7 Å². The minimum absolute atomic E-state index is 0.0291. The zero-order valence-corrected chi connectivity index (χ0v) is 27.1. The minimum atomic E-state index is -4.73. The molecular weight excluding hydrogens is 623 g/mol. The molecular formula is C31H38F3N7O4S. The molecule has 1 unspecified atom stereocenters. The number of hydrogen-bond acceptors (Lipinski definition) is 8. The molecule has 0 aliphatic heterocycles. The summed E-state index contributed by atoms with van der Waals surface area (Å²) in [7, 11) is 1.71. The topological polar surface area (TPSA) is 138 Å². The summed E-state index contributed by atoms with van der Waals surface area (Å²) >= 11 is 0. The maximum atomic E-state index is 13.9. The van der Waals surface area contributed by atoms with Gasteiger partial charge >= 0.3 is 6.18 Å². The van der Waals surface area contributed by atoms with Gasteiger partial charge in [-0.1, -0.05) is 12.1 Å². The van der Waals surface area contributed by atoms with E-state index in [0.29, 0.717) is 28.7 Å². The molecule has 3 aromatic rings. The number of rotatable bonds is 11. The Morgan fingerprint density at radius 3 is 2.35 bits per heavy atom. The molecule has 0 bridgehead atoms. The van der Waals surface area contributed by atoms with Gasteiger partial charge in [0.1, 0.15) is 28.1 Å². The summed E-state index contributed by atoms with van der Waals surface area (Å²) in [5.74, 6) is -0.672. The second-order valence-corrected chi connectivity index (χ2v) is 12.5. The lowest BCUT2D eigenvalue weighted by Crippen LogP contribution is -2.43. The molecule has 0 saturated heterocycles. The number of aryl methyl sites for hydroxylation is 1. The fraction of sp³-hybridized carbons (Fsp3) is 0.419. The van der Waals surface area contributed by atoms with E-state index in [4.69, 9.17) is 4.74 Å². The Bertz CT molecular complexity index is 1600. The Morgan fingerprint density at radius 1 is 1.07 bits per heavy atom. The van der Waals surface area contributed by atoms with Crippen LogP contribution in [0.3, 0.4) is 0 Å². The first-order valence-electron chi connectivity index (χ1n) is 14.6. The summed E-state index contributed by atoms with van der Waals surface area (Å²) in [5, 5.41) is 11.6. The van der Waals surface area contributed by atoms with Crippen molar-refractivity contribution in [3.63, 3.8) is 0 Å². The van der Waals surface area contributed by atoms with E-state index in [9.17, 15) is 27.0 Å². The van der Waals surface area contributed by atoms with E-state index in [1.165, 1.54) is 30.7 Å². The number of amides is 2. The number of methoxy groups -OCH3 is 1. The second kappa shape index (κ2) is 14.8. The smallest absolute Gasteiger partial charge is 0.421 e. The summed E-state index contributed by atoms with van der Waals surface area (Å²) in [5.41, 5.74) is 1.78. The number of nitrogens with one attached hydrogen (secondary N) is 4. The van der Waals surface area contributed by atoms with E-state index in [2.05, 4.69) is 31.2 Å². The van der Waals surface area contributed by atoms with Crippen molar-refractivity contribution in [3.05, 3.63) is 64.8 Å². The van der Waals surface area contributed by atoms with Gasteiger partial charge in [0.25, 0.3) is 5.91 Å². The van der Waals surface area contributed by atoms with Crippen molar-refractivity contribution in [1.29, 1.82) is 0 Å². The lowest BCUT2D eigenvalue weighted by Gasteiger charge is -2.29. The van der Waals surface area contributed by atoms with Gasteiger partial charge in [-0.05, 0) is 68.0 Å². The standard InChI is InChI=1S/C31H38F3N7O4S/c1-18-6-7-21(26(14-18)41(3)46(5)44)16-35-28-24(31(32,33)34)17-36-30(40-28)39-25-13-8-20(15-27(25)45-4)29(43)38-23-11-9-22(10-12-23)37-19(2)42/h6-8,13-15,17,22-23H,9-12,16H2,1-5H3,(H,37,42)(H,38,43)(H2,35,36,39,40). The average Bonchev–Trinajstić information content (AvgIpc) is 3.00. The summed E-state index contributed by atoms with van der Waals surface area (Å²) < 4.78 is 60.9. The third kappa shape index (κ3) is 8.86. The third-order valence-electron chi connectivity index (χ3n) is 7.69. The lowest BCUT2D eigenvalue weighted by atomic mass is 9.91. The van der Waals surface area contributed by atoms with Crippen molar-refractivity contribution in [2.75, 3.05) is 35.4 Å².